The number of ether oxygens (including phenoxy) is 7. The van der Waals surface area contributed by atoms with Crippen LogP contribution in [0, 0.1) is 10.8 Å². The number of carbonyl (C=O) groups is 4. The fourth-order valence-corrected chi connectivity index (χ4v) is 8.11. The van der Waals surface area contributed by atoms with Gasteiger partial charge in [-0.25, -0.2) is 9.59 Å². The van der Waals surface area contributed by atoms with Crippen LogP contribution < -0.4 is 0 Å². The van der Waals surface area contributed by atoms with Gasteiger partial charge in [0.25, 0.3) is 0 Å². The molecule has 0 aromatic heterocycles. The summed E-state index contributed by atoms with van der Waals surface area (Å²) in [4.78, 5) is 51.4. The zero-order valence-corrected chi connectivity index (χ0v) is 34.9. The number of rotatable bonds is 8. The Labute approximate surface area is 341 Å². The summed E-state index contributed by atoms with van der Waals surface area (Å²) in [5, 5.41) is 46.4. The maximum Gasteiger partial charge on any atom is 0.331 e. The van der Waals surface area contributed by atoms with Gasteiger partial charge < -0.3 is 53.6 Å². The minimum Gasteiger partial charge on any atom is -0.466 e. The molecule has 15 nitrogen and oxygen atoms in total. The van der Waals surface area contributed by atoms with E-state index in [1.807, 2.05) is 13.0 Å². The minimum absolute atomic E-state index is 0.00605. The summed E-state index contributed by atoms with van der Waals surface area (Å²) >= 11 is 0. The lowest BCUT2D eigenvalue weighted by Crippen LogP contribution is -2.62. The van der Waals surface area contributed by atoms with Gasteiger partial charge in [-0.1, -0.05) is 71.4 Å². The Morgan fingerprint density at radius 3 is 2.36 bits per heavy atom. The van der Waals surface area contributed by atoms with Crippen molar-refractivity contribution in [3.8, 4) is 0 Å². The van der Waals surface area contributed by atoms with Crippen molar-refractivity contribution in [3.63, 3.8) is 0 Å². The summed E-state index contributed by atoms with van der Waals surface area (Å²) in [5.74, 6) is -7.21. The van der Waals surface area contributed by atoms with Crippen molar-refractivity contribution in [2.24, 2.45) is 10.8 Å². The molecule has 4 aliphatic heterocycles. The molecule has 4 heterocycles. The zero-order chi connectivity index (χ0) is 42.9. The number of unbranched alkanes of at least 4 members (excludes halogenated alkanes) is 1. The second-order valence-corrected chi connectivity index (χ2v) is 17.0. The van der Waals surface area contributed by atoms with Gasteiger partial charge in [0.05, 0.1) is 56.1 Å². The number of aliphatic hydroxyl groups excluding tert-OH is 2. The normalized spacial score (nSPS) is 37.1. The molecule has 326 valence electrons. The second kappa shape index (κ2) is 20.2. The van der Waals surface area contributed by atoms with E-state index in [0.29, 0.717) is 19.3 Å². The molecule has 4 N–H and O–H groups in total. The molecule has 6 bridgehead atoms. The van der Waals surface area contributed by atoms with Crippen LogP contribution in [0.25, 0.3) is 0 Å². The summed E-state index contributed by atoms with van der Waals surface area (Å²) < 4.78 is 41.4. The largest absolute Gasteiger partial charge is 0.466 e. The molecule has 0 unspecified atom stereocenters. The van der Waals surface area contributed by atoms with Gasteiger partial charge in [-0.15, -0.1) is 0 Å². The van der Waals surface area contributed by atoms with Crippen molar-refractivity contribution < 1.29 is 72.8 Å². The third-order valence-corrected chi connectivity index (χ3v) is 11.6. The van der Waals surface area contributed by atoms with Crippen LogP contribution in [0.5, 0.6) is 0 Å². The Morgan fingerprint density at radius 2 is 1.69 bits per heavy atom. The molecule has 0 aliphatic carbocycles. The average molecular weight is 821 g/mol. The highest BCUT2D eigenvalue weighted by molar-refractivity contribution is 5.84. The molecule has 0 radical (unpaired) electrons. The van der Waals surface area contributed by atoms with E-state index in [1.54, 1.807) is 45.9 Å². The van der Waals surface area contributed by atoms with Gasteiger partial charge >= 0.3 is 23.9 Å². The first kappa shape index (κ1) is 47.2. The van der Waals surface area contributed by atoms with Crippen molar-refractivity contribution in [1.82, 2.24) is 0 Å². The molecule has 15 heteroatoms. The van der Waals surface area contributed by atoms with Crippen LogP contribution in [-0.4, -0.2) is 118 Å². The molecule has 0 aromatic carbocycles. The van der Waals surface area contributed by atoms with E-state index < -0.39 is 108 Å². The van der Waals surface area contributed by atoms with Crippen molar-refractivity contribution in [2.45, 2.75) is 173 Å². The molecular weight excluding hydrogens is 756 g/mol. The third kappa shape index (κ3) is 11.9. The second-order valence-electron chi connectivity index (χ2n) is 17.0. The smallest absolute Gasteiger partial charge is 0.331 e. The highest BCUT2D eigenvalue weighted by Gasteiger charge is 2.59. The number of fused-ring (bicyclic) bond motifs is 6. The monoisotopic (exact) mass is 820 g/mol. The topological polar surface area (TPSA) is 214 Å². The minimum atomic E-state index is -2.35. The van der Waals surface area contributed by atoms with Crippen molar-refractivity contribution in [2.75, 3.05) is 13.7 Å². The van der Waals surface area contributed by atoms with Crippen LogP contribution in [0.2, 0.25) is 0 Å². The van der Waals surface area contributed by atoms with E-state index in [0.717, 1.165) is 18.9 Å². The van der Waals surface area contributed by atoms with E-state index in [2.05, 4.69) is 0 Å². The summed E-state index contributed by atoms with van der Waals surface area (Å²) in [5.41, 5.74) is -2.32. The summed E-state index contributed by atoms with van der Waals surface area (Å²) in [6, 6.07) is 0. The number of cyclic esters (lactones) is 1. The van der Waals surface area contributed by atoms with E-state index in [-0.39, 0.29) is 37.7 Å². The average Bonchev–Trinajstić information content (AvgIpc) is 3.13. The number of hydrogen-bond donors (Lipinski definition) is 4. The Balaban J connectivity index is 1.77. The molecule has 3 fully saturated rings. The number of aliphatic hydroxyl groups is 4. The van der Waals surface area contributed by atoms with Crippen LogP contribution >= 0.6 is 0 Å². The van der Waals surface area contributed by atoms with Gasteiger partial charge in [0.2, 0.25) is 5.79 Å². The Hall–Kier alpha value is -3.44. The van der Waals surface area contributed by atoms with Crippen LogP contribution in [0.4, 0.5) is 0 Å². The van der Waals surface area contributed by atoms with Gasteiger partial charge in [-0.3, -0.25) is 9.59 Å². The number of carbonyl (C=O) groups excluding carboxylic acids is 4. The first-order chi connectivity index (χ1) is 27.2. The number of hydrogen-bond acceptors (Lipinski definition) is 15. The first-order valence-corrected chi connectivity index (χ1v) is 20.4. The number of esters is 4. The van der Waals surface area contributed by atoms with E-state index >= 15 is 0 Å². The first-order valence-electron chi connectivity index (χ1n) is 20.4. The lowest BCUT2D eigenvalue weighted by molar-refractivity contribution is -0.349. The maximum absolute atomic E-state index is 13.3. The third-order valence-electron chi connectivity index (χ3n) is 11.6. The molecule has 4 rings (SSSR count). The van der Waals surface area contributed by atoms with Crippen molar-refractivity contribution in [3.05, 3.63) is 48.1 Å². The fourth-order valence-electron chi connectivity index (χ4n) is 8.11. The van der Waals surface area contributed by atoms with Crippen LogP contribution in [0.3, 0.4) is 0 Å². The Morgan fingerprint density at radius 1 is 0.948 bits per heavy atom. The van der Waals surface area contributed by atoms with Gasteiger partial charge in [-0.05, 0) is 37.7 Å². The van der Waals surface area contributed by atoms with Crippen LogP contribution in [0.15, 0.2) is 48.1 Å². The molecule has 3 saturated heterocycles. The predicted molar refractivity (Wildman–Crippen MR) is 208 cm³/mol. The van der Waals surface area contributed by atoms with Crippen LogP contribution in [0.1, 0.15) is 112 Å². The molecular formula is C43H64O15. The Bertz CT molecular complexity index is 1560. The number of allylic oxidation sites excluding steroid dienone is 3. The van der Waals surface area contributed by atoms with E-state index in [9.17, 15) is 39.6 Å². The zero-order valence-electron chi connectivity index (χ0n) is 34.9. The van der Waals surface area contributed by atoms with Crippen molar-refractivity contribution in [1.29, 1.82) is 0 Å². The van der Waals surface area contributed by atoms with Gasteiger partial charge in [0, 0.05) is 50.2 Å². The predicted octanol–water partition coefficient (Wildman–Crippen LogP) is 4.18. The van der Waals surface area contributed by atoms with E-state index in [4.69, 9.17) is 33.2 Å². The van der Waals surface area contributed by atoms with Gasteiger partial charge in [0.15, 0.2) is 11.9 Å². The molecule has 0 aromatic rings. The highest BCUT2D eigenvalue weighted by Crippen LogP contribution is 2.50. The molecule has 0 amide bonds. The quantitative estimate of drug-likeness (QED) is 0.0889. The van der Waals surface area contributed by atoms with Crippen LogP contribution in [-0.2, 0) is 52.3 Å². The standard InChI is InChI=1S/C43H64O15/c1-8-9-10-11-12-16-36(47)56-39-28(20-37(48)52-7)19-32-23-34(26-44)55-38(49)22-29(46)21-33-24-35(53-27(2)45)41(5,6)42(50,57-33)25-31-15-13-14-30(54-31)17-18-40(3,4)43(39,51)58-32/h10-12,16-18,20,29-35,39,44,46,50-51H,8-9,13-15,19,21-26H2,1-7H3/b11-10+,16-12+,18-17-,28-20+/t29-,30-,31+,32+,33-,34-,35+,39+,42+,43-/m1/s1. The van der Waals surface area contributed by atoms with Crippen molar-refractivity contribution >= 4 is 23.9 Å². The summed E-state index contributed by atoms with van der Waals surface area (Å²) in [7, 11) is 1.19. The molecule has 0 spiro atoms. The highest BCUT2D eigenvalue weighted by atomic mass is 16.7. The van der Waals surface area contributed by atoms with Gasteiger partial charge in [-0.2, -0.15) is 0 Å². The molecule has 0 saturated carbocycles. The van der Waals surface area contributed by atoms with Gasteiger partial charge in [0.1, 0.15) is 12.2 Å². The SMILES string of the molecule is CCC/C=C/C=C/C(=O)O[C@H]1/C(=C/C(=O)OC)C[C@H]2C[C@H](CO)OC(=O)C[C@H](O)C[C@@H]3C[C@H](OC(C)=O)C(C)(C)[C@](O)(C[C@@H]4CCC[C@H](/C=C\C(C)(C)[C@]1(O)O2)O4)O3. The molecule has 58 heavy (non-hydrogen) atoms. The Kier molecular flexibility index (Phi) is 16.5. The maximum atomic E-state index is 13.3. The summed E-state index contributed by atoms with van der Waals surface area (Å²) in [6.45, 7) is 9.47. The lowest BCUT2D eigenvalue weighted by Gasteiger charge is -2.53. The number of methoxy groups -OCH3 is 1. The summed E-state index contributed by atoms with van der Waals surface area (Å²) in [6.07, 6.45) is 6.20. The molecule has 10 atom stereocenters. The molecule has 4 aliphatic rings. The fraction of sp³-hybridized carbons (Fsp3) is 0.721. The lowest BCUT2D eigenvalue weighted by atomic mass is 9.70. The van der Waals surface area contributed by atoms with E-state index in [1.165, 1.54) is 26.2 Å².